The van der Waals surface area contributed by atoms with Gasteiger partial charge in [-0.2, -0.15) is 0 Å². The molecule has 0 aromatic heterocycles. The van der Waals surface area contributed by atoms with E-state index in [1.165, 1.54) is 0 Å². The third kappa shape index (κ3) is 2.67. The van der Waals surface area contributed by atoms with Crippen molar-refractivity contribution in [3.05, 3.63) is 0 Å². The average Bonchev–Trinajstić information content (AvgIpc) is 2.33. The molecular formula is C7H13N2O4+. The second kappa shape index (κ2) is 3.71. The third-order valence-corrected chi connectivity index (χ3v) is 2.15. The smallest absolute Gasteiger partial charge is 0.359 e. The van der Waals surface area contributed by atoms with Crippen LogP contribution in [0, 0.1) is 0 Å². The Labute approximate surface area is 75.4 Å². The predicted molar refractivity (Wildman–Crippen MR) is 43.0 cm³/mol. The summed E-state index contributed by atoms with van der Waals surface area (Å²) in [4.78, 5) is 21.0. The molecule has 0 radical (unpaired) electrons. The fourth-order valence-corrected chi connectivity index (χ4v) is 1.61. The minimum Gasteiger partial charge on any atom is -0.477 e. The van der Waals surface area contributed by atoms with E-state index in [0.717, 1.165) is 0 Å². The lowest BCUT2D eigenvalue weighted by molar-refractivity contribution is -0.903. The summed E-state index contributed by atoms with van der Waals surface area (Å²) in [5, 5.41) is 20.2. The number of aliphatic carboxylic acids is 2. The molecule has 1 saturated heterocycles. The molecule has 0 unspecified atom stereocenters. The van der Waals surface area contributed by atoms with Crippen molar-refractivity contribution in [2.24, 2.45) is 0 Å². The monoisotopic (exact) mass is 189 g/mol. The van der Waals surface area contributed by atoms with Gasteiger partial charge in [0.05, 0.1) is 6.54 Å². The fourth-order valence-electron chi connectivity index (χ4n) is 1.61. The van der Waals surface area contributed by atoms with Gasteiger partial charge in [-0.3, -0.25) is 9.80 Å². The first-order valence-corrected chi connectivity index (χ1v) is 4.03. The molecule has 1 heterocycles. The Kier molecular flexibility index (Phi) is 2.84. The number of carbonyl (C=O) groups is 2. The molecule has 1 aliphatic rings. The highest BCUT2D eigenvalue weighted by atomic mass is 16.4. The number of carboxylic acid groups (broad SMARTS) is 2. The first-order chi connectivity index (χ1) is 6.04. The van der Waals surface area contributed by atoms with E-state index in [1.54, 1.807) is 0 Å². The van der Waals surface area contributed by atoms with Gasteiger partial charge in [0.25, 0.3) is 0 Å². The second-order valence-electron chi connectivity index (χ2n) is 3.33. The Bertz CT molecular complexity index is 205. The quantitative estimate of drug-likeness (QED) is 0.470. The van der Waals surface area contributed by atoms with E-state index in [2.05, 4.69) is 5.32 Å². The van der Waals surface area contributed by atoms with Gasteiger partial charge < -0.3 is 10.2 Å². The second-order valence-corrected chi connectivity index (χ2v) is 3.33. The largest absolute Gasteiger partial charge is 0.477 e. The molecule has 0 spiro atoms. The van der Waals surface area contributed by atoms with E-state index in [4.69, 9.17) is 10.2 Å². The summed E-state index contributed by atoms with van der Waals surface area (Å²) in [6.45, 7) is 1.43. The van der Waals surface area contributed by atoms with Crippen LogP contribution < -0.4 is 5.32 Å². The molecule has 0 aromatic rings. The molecule has 1 rings (SSSR count). The minimum atomic E-state index is -0.954. The van der Waals surface area contributed by atoms with Gasteiger partial charge in [0.1, 0.15) is 6.67 Å². The van der Waals surface area contributed by atoms with Gasteiger partial charge in [-0.25, -0.2) is 9.59 Å². The molecule has 0 aliphatic carbocycles. The third-order valence-electron chi connectivity index (χ3n) is 2.15. The number of quaternary nitrogens is 1. The summed E-state index contributed by atoms with van der Waals surface area (Å²) in [5.74, 6) is -1.91. The lowest BCUT2D eigenvalue weighted by Crippen LogP contribution is -2.53. The highest BCUT2D eigenvalue weighted by molar-refractivity contribution is 5.70. The van der Waals surface area contributed by atoms with Crippen molar-refractivity contribution >= 4 is 11.9 Å². The van der Waals surface area contributed by atoms with Crippen molar-refractivity contribution in [3.8, 4) is 0 Å². The molecule has 0 atom stereocenters. The van der Waals surface area contributed by atoms with E-state index in [1.807, 2.05) is 0 Å². The fraction of sp³-hybridized carbons (Fsp3) is 0.714. The van der Waals surface area contributed by atoms with Crippen LogP contribution in [0.25, 0.3) is 0 Å². The van der Waals surface area contributed by atoms with Crippen LogP contribution in [-0.2, 0) is 9.59 Å². The Hall–Kier alpha value is -1.14. The SMILES string of the molecule is O=C(O)C[N+]1(CC(=O)O)CCNC1. The van der Waals surface area contributed by atoms with Crippen LogP contribution in [0.4, 0.5) is 0 Å². The van der Waals surface area contributed by atoms with E-state index >= 15 is 0 Å². The molecular weight excluding hydrogens is 176 g/mol. The zero-order valence-electron chi connectivity index (χ0n) is 7.19. The summed E-state index contributed by atoms with van der Waals surface area (Å²) >= 11 is 0. The van der Waals surface area contributed by atoms with Gasteiger partial charge in [-0.1, -0.05) is 0 Å². The maximum absolute atomic E-state index is 10.5. The van der Waals surface area contributed by atoms with Crippen molar-refractivity contribution in [2.75, 3.05) is 32.8 Å². The standard InChI is InChI=1S/C7H12N2O4/c10-6(11)3-9(4-7(12)13)2-1-8-5-9/h8H,1-5H2,(H-,10,11,12,13)/p+1. The molecule has 13 heavy (non-hydrogen) atoms. The average molecular weight is 189 g/mol. The summed E-state index contributed by atoms with van der Waals surface area (Å²) in [6.07, 6.45) is 0. The van der Waals surface area contributed by atoms with Crippen LogP contribution in [0.5, 0.6) is 0 Å². The highest BCUT2D eigenvalue weighted by Gasteiger charge is 2.36. The van der Waals surface area contributed by atoms with Gasteiger partial charge in [-0.05, 0) is 0 Å². The maximum Gasteiger partial charge on any atom is 0.359 e. The molecule has 0 aromatic carbocycles. The van der Waals surface area contributed by atoms with Crippen LogP contribution in [0.3, 0.4) is 0 Å². The number of hydrogen-bond donors (Lipinski definition) is 3. The van der Waals surface area contributed by atoms with Crippen LogP contribution in [-0.4, -0.2) is 59.5 Å². The number of rotatable bonds is 4. The first kappa shape index (κ1) is 9.94. The summed E-state index contributed by atoms with van der Waals surface area (Å²) in [6, 6.07) is 0. The number of nitrogens with one attached hydrogen (secondary N) is 1. The van der Waals surface area contributed by atoms with Gasteiger partial charge in [0.2, 0.25) is 0 Å². The van der Waals surface area contributed by atoms with Crippen molar-refractivity contribution in [3.63, 3.8) is 0 Å². The molecule has 6 nitrogen and oxygen atoms in total. The lowest BCUT2D eigenvalue weighted by atomic mass is 10.3. The molecule has 0 amide bonds. The van der Waals surface area contributed by atoms with Crippen LogP contribution in [0.15, 0.2) is 0 Å². The first-order valence-electron chi connectivity index (χ1n) is 4.03. The van der Waals surface area contributed by atoms with Crippen LogP contribution in [0.2, 0.25) is 0 Å². The van der Waals surface area contributed by atoms with Gasteiger partial charge >= 0.3 is 11.9 Å². The number of nitrogens with zero attached hydrogens (tertiary/aromatic N) is 1. The molecule has 6 heteroatoms. The summed E-state index contributed by atoms with van der Waals surface area (Å²) in [7, 11) is 0. The van der Waals surface area contributed by atoms with Gasteiger partial charge in [-0.15, -0.1) is 0 Å². The van der Waals surface area contributed by atoms with Crippen LogP contribution in [0.1, 0.15) is 0 Å². The minimum absolute atomic E-state index is 0.102. The Balaban J connectivity index is 2.62. The molecule has 0 bridgehead atoms. The number of carboxylic acids is 2. The predicted octanol–water partition coefficient (Wildman–Crippen LogP) is -1.47. The zero-order chi connectivity index (χ0) is 9.90. The van der Waals surface area contributed by atoms with Crippen LogP contribution >= 0.6 is 0 Å². The van der Waals surface area contributed by atoms with E-state index in [9.17, 15) is 9.59 Å². The molecule has 1 aliphatic heterocycles. The molecule has 0 saturated carbocycles. The van der Waals surface area contributed by atoms with Crippen molar-refractivity contribution in [1.82, 2.24) is 5.32 Å². The topological polar surface area (TPSA) is 86.6 Å². The Morgan fingerprint density at radius 3 is 2.08 bits per heavy atom. The summed E-state index contributed by atoms with van der Waals surface area (Å²) < 4.78 is 0.102. The summed E-state index contributed by atoms with van der Waals surface area (Å²) in [5.41, 5.74) is 0. The Morgan fingerprint density at radius 2 is 1.77 bits per heavy atom. The lowest BCUT2D eigenvalue weighted by Gasteiger charge is -2.29. The van der Waals surface area contributed by atoms with Crippen molar-refractivity contribution in [2.45, 2.75) is 0 Å². The normalized spacial score (nSPS) is 20.0. The highest BCUT2D eigenvalue weighted by Crippen LogP contribution is 2.08. The Morgan fingerprint density at radius 1 is 1.23 bits per heavy atom. The van der Waals surface area contributed by atoms with Gasteiger partial charge in [0.15, 0.2) is 13.1 Å². The molecule has 74 valence electrons. The van der Waals surface area contributed by atoms with E-state index in [0.29, 0.717) is 19.8 Å². The van der Waals surface area contributed by atoms with Crippen molar-refractivity contribution < 1.29 is 24.3 Å². The van der Waals surface area contributed by atoms with E-state index in [-0.39, 0.29) is 17.6 Å². The zero-order valence-corrected chi connectivity index (χ0v) is 7.19. The number of hydrogen-bond acceptors (Lipinski definition) is 3. The van der Waals surface area contributed by atoms with Gasteiger partial charge in [0, 0.05) is 6.54 Å². The van der Waals surface area contributed by atoms with Crippen molar-refractivity contribution in [1.29, 1.82) is 0 Å². The molecule has 1 fully saturated rings. The molecule has 3 N–H and O–H groups in total. The maximum atomic E-state index is 10.5. The van der Waals surface area contributed by atoms with E-state index < -0.39 is 11.9 Å².